The smallest absolute Gasteiger partial charge is 0.326 e. The third kappa shape index (κ3) is 4.04. The average molecular weight is 259 g/mol. The Morgan fingerprint density at radius 1 is 1.35 bits per heavy atom. The molecule has 7 heteroatoms. The Morgan fingerprint density at radius 3 is 2.24 bits per heavy atom. The first kappa shape index (κ1) is 13.5. The maximum absolute atomic E-state index is 11.0. The van der Waals surface area contributed by atoms with E-state index in [1.54, 1.807) is 12.1 Å². The Labute approximate surface area is 99.3 Å². The van der Waals surface area contributed by atoms with Gasteiger partial charge in [-0.15, -0.1) is 0 Å². The molecular weight excluding hydrogens is 246 g/mol. The summed E-state index contributed by atoms with van der Waals surface area (Å²) in [5.74, 6) is -0.696. The van der Waals surface area contributed by atoms with Gasteiger partial charge in [-0.2, -0.15) is 4.72 Å². The summed E-state index contributed by atoms with van der Waals surface area (Å²) in [6.45, 7) is 0. The van der Waals surface area contributed by atoms with Crippen LogP contribution < -0.4 is 9.46 Å². The van der Waals surface area contributed by atoms with Crippen LogP contribution in [0.1, 0.15) is 11.6 Å². The molecule has 1 unspecified atom stereocenters. The third-order valence-corrected chi connectivity index (χ3v) is 2.69. The van der Waals surface area contributed by atoms with Gasteiger partial charge in [0.2, 0.25) is 10.0 Å². The van der Waals surface area contributed by atoms with Crippen LogP contribution in [0.5, 0.6) is 5.75 Å². The maximum Gasteiger partial charge on any atom is 0.326 e. The van der Waals surface area contributed by atoms with Gasteiger partial charge in [-0.25, -0.2) is 8.42 Å². The number of methoxy groups -OCH3 is 1. The number of rotatable bonds is 5. The number of carbonyl (C=O) groups is 1. The van der Waals surface area contributed by atoms with Gasteiger partial charge in [-0.1, -0.05) is 12.1 Å². The molecule has 1 aromatic rings. The zero-order chi connectivity index (χ0) is 13.1. The molecular formula is C10H13NO5S. The van der Waals surface area contributed by atoms with E-state index in [2.05, 4.69) is 0 Å². The van der Waals surface area contributed by atoms with Crippen molar-refractivity contribution < 1.29 is 23.1 Å². The molecule has 0 saturated heterocycles. The van der Waals surface area contributed by atoms with Gasteiger partial charge in [0, 0.05) is 0 Å². The fourth-order valence-electron chi connectivity index (χ4n) is 1.27. The Bertz CT molecular complexity index is 494. The molecule has 17 heavy (non-hydrogen) atoms. The molecule has 0 aliphatic heterocycles. The summed E-state index contributed by atoms with van der Waals surface area (Å²) in [5.41, 5.74) is 0.337. The predicted octanol–water partition coefficient (Wildman–Crippen LogP) is 0.370. The van der Waals surface area contributed by atoms with Gasteiger partial charge in [-0.05, 0) is 17.7 Å². The van der Waals surface area contributed by atoms with Crippen molar-refractivity contribution >= 4 is 16.0 Å². The van der Waals surface area contributed by atoms with Gasteiger partial charge < -0.3 is 9.84 Å². The van der Waals surface area contributed by atoms with Crippen LogP contribution in [0.4, 0.5) is 0 Å². The zero-order valence-corrected chi connectivity index (χ0v) is 10.2. The lowest BCUT2D eigenvalue weighted by Crippen LogP contribution is -2.32. The molecule has 1 atom stereocenters. The molecule has 6 nitrogen and oxygen atoms in total. The minimum atomic E-state index is -3.59. The first-order valence-corrected chi connectivity index (χ1v) is 6.56. The van der Waals surface area contributed by atoms with Crippen LogP contribution in [0.15, 0.2) is 24.3 Å². The minimum Gasteiger partial charge on any atom is -0.497 e. The summed E-state index contributed by atoms with van der Waals surface area (Å²) < 4.78 is 29.1. The van der Waals surface area contributed by atoms with E-state index in [9.17, 15) is 13.2 Å². The topological polar surface area (TPSA) is 92.7 Å². The second-order valence-electron chi connectivity index (χ2n) is 3.43. The van der Waals surface area contributed by atoms with E-state index in [4.69, 9.17) is 9.84 Å². The van der Waals surface area contributed by atoms with Crippen LogP contribution in [0, 0.1) is 0 Å². The van der Waals surface area contributed by atoms with Crippen molar-refractivity contribution in [3.05, 3.63) is 29.8 Å². The van der Waals surface area contributed by atoms with E-state index in [1.165, 1.54) is 19.2 Å². The molecule has 0 saturated carbocycles. The van der Waals surface area contributed by atoms with Gasteiger partial charge in [0.1, 0.15) is 11.8 Å². The van der Waals surface area contributed by atoms with Gasteiger partial charge in [0.25, 0.3) is 0 Å². The average Bonchev–Trinajstić information content (AvgIpc) is 2.25. The minimum absolute atomic E-state index is 0.337. The highest BCUT2D eigenvalue weighted by Gasteiger charge is 2.23. The van der Waals surface area contributed by atoms with Crippen molar-refractivity contribution in [2.24, 2.45) is 0 Å². The van der Waals surface area contributed by atoms with E-state index < -0.39 is 22.0 Å². The number of hydrogen-bond acceptors (Lipinski definition) is 4. The fraction of sp³-hybridized carbons (Fsp3) is 0.300. The highest BCUT2D eigenvalue weighted by atomic mass is 32.2. The molecule has 94 valence electrons. The van der Waals surface area contributed by atoms with Crippen molar-refractivity contribution in [3.63, 3.8) is 0 Å². The van der Waals surface area contributed by atoms with Gasteiger partial charge >= 0.3 is 5.97 Å². The van der Waals surface area contributed by atoms with Crippen molar-refractivity contribution in [2.45, 2.75) is 6.04 Å². The Balaban J connectivity index is 3.02. The van der Waals surface area contributed by atoms with E-state index in [0.717, 1.165) is 6.26 Å². The van der Waals surface area contributed by atoms with Crippen molar-refractivity contribution in [3.8, 4) is 5.75 Å². The normalized spacial score (nSPS) is 13.1. The van der Waals surface area contributed by atoms with Crippen molar-refractivity contribution in [1.82, 2.24) is 4.72 Å². The summed E-state index contributed by atoms with van der Waals surface area (Å²) >= 11 is 0. The first-order valence-electron chi connectivity index (χ1n) is 4.67. The molecule has 0 spiro atoms. The molecule has 0 bridgehead atoms. The molecule has 0 aliphatic rings. The van der Waals surface area contributed by atoms with Crippen LogP contribution in [0.25, 0.3) is 0 Å². The monoisotopic (exact) mass is 259 g/mol. The number of aliphatic carboxylic acids is 1. The second-order valence-corrected chi connectivity index (χ2v) is 5.21. The molecule has 0 fully saturated rings. The number of nitrogens with one attached hydrogen (secondary N) is 1. The van der Waals surface area contributed by atoms with E-state index in [-0.39, 0.29) is 0 Å². The van der Waals surface area contributed by atoms with Crippen LogP contribution in [-0.2, 0) is 14.8 Å². The number of hydrogen-bond donors (Lipinski definition) is 2. The number of carboxylic acid groups (broad SMARTS) is 1. The summed E-state index contributed by atoms with van der Waals surface area (Å²) in [4.78, 5) is 11.0. The lowest BCUT2D eigenvalue weighted by Gasteiger charge is -2.13. The fourth-order valence-corrected chi connectivity index (χ4v) is 1.94. The first-order chi connectivity index (χ1) is 7.83. The standard InChI is InChI=1S/C10H13NO5S/c1-16-8-5-3-7(4-6-8)9(10(12)13)11-17(2,14)15/h3-6,9,11H,1-2H3,(H,12,13). The van der Waals surface area contributed by atoms with Crippen LogP contribution >= 0.6 is 0 Å². The van der Waals surface area contributed by atoms with Crippen molar-refractivity contribution in [1.29, 1.82) is 0 Å². The summed E-state index contributed by atoms with van der Waals surface area (Å²) in [7, 11) is -2.11. The zero-order valence-electron chi connectivity index (χ0n) is 9.38. The number of sulfonamides is 1. The Morgan fingerprint density at radius 2 is 1.88 bits per heavy atom. The highest BCUT2D eigenvalue weighted by Crippen LogP contribution is 2.18. The SMILES string of the molecule is COc1ccc(C(NS(C)(=O)=O)C(=O)O)cc1. The largest absolute Gasteiger partial charge is 0.497 e. The van der Waals surface area contributed by atoms with Crippen LogP contribution in [0.2, 0.25) is 0 Å². The van der Waals surface area contributed by atoms with Crippen LogP contribution in [0.3, 0.4) is 0 Å². The van der Waals surface area contributed by atoms with E-state index in [0.29, 0.717) is 11.3 Å². The van der Waals surface area contributed by atoms with Crippen LogP contribution in [-0.4, -0.2) is 32.9 Å². The van der Waals surface area contributed by atoms with E-state index in [1.807, 2.05) is 4.72 Å². The van der Waals surface area contributed by atoms with Gasteiger partial charge in [0.05, 0.1) is 13.4 Å². The quantitative estimate of drug-likeness (QED) is 0.797. The van der Waals surface area contributed by atoms with E-state index >= 15 is 0 Å². The third-order valence-electron chi connectivity index (χ3n) is 2.03. The molecule has 0 aromatic heterocycles. The van der Waals surface area contributed by atoms with Crippen molar-refractivity contribution in [2.75, 3.05) is 13.4 Å². The lowest BCUT2D eigenvalue weighted by molar-refractivity contribution is -0.139. The molecule has 1 rings (SSSR count). The molecule has 1 aromatic carbocycles. The molecule has 2 N–H and O–H groups in total. The predicted molar refractivity (Wildman–Crippen MR) is 61.4 cm³/mol. The summed E-state index contributed by atoms with van der Waals surface area (Å²) in [5, 5.41) is 8.96. The molecule has 0 heterocycles. The molecule has 0 amide bonds. The second kappa shape index (κ2) is 5.15. The van der Waals surface area contributed by atoms with Gasteiger partial charge in [0.15, 0.2) is 0 Å². The summed E-state index contributed by atoms with van der Waals surface area (Å²) in [6.07, 6.45) is 0.909. The molecule has 0 aliphatic carbocycles. The number of ether oxygens (including phenoxy) is 1. The lowest BCUT2D eigenvalue weighted by atomic mass is 10.1. The number of carboxylic acids is 1. The summed E-state index contributed by atoms with van der Waals surface area (Å²) in [6, 6.07) is 4.83. The Kier molecular flexibility index (Phi) is 4.08. The maximum atomic E-state index is 11.0. The highest BCUT2D eigenvalue weighted by molar-refractivity contribution is 7.88. The Hall–Kier alpha value is -1.60. The van der Waals surface area contributed by atoms with Gasteiger partial charge in [-0.3, -0.25) is 4.79 Å². The molecule has 0 radical (unpaired) electrons. The number of benzene rings is 1.